The Labute approximate surface area is 158 Å². The smallest absolute Gasteiger partial charge is 0.251 e. The van der Waals surface area contributed by atoms with Crippen LogP contribution in [0.4, 0.5) is 0 Å². The van der Waals surface area contributed by atoms with Gasteiger partial charge in [-0.2, -0.15) is 0 Å². The molecule has 2 amide bonds. The number of rotatable bonds is 5. The third kappa shape index (κ3) is 5.58. The first kappa shape index (κ1) is 20.5. The average molecular weight is 359 g/mol. The average Bonchev–Trinajstić information content (AvgIpc) is 2.59. The molecule has 1 atom stereocenters. The van der Waals surface area contributed by atoms with Crippen molar-refractivity contribution in [2.45, 2.75) is 84.2 Å². The number of carbonyl (C=O) groups excluding carboxylic acids is 2. The first-order chi connectivity index (χ1) is 12.2. The Balaban J connectivity index is 2.01. The number of hydrogen-bond acceptors (Lipinski definition) is 2. The lowest BCUT2D eigenvalue weighted by molar-refractivity contribution is -0.124. The Morgan fingerprint density at radius 3 is 2.08 bits per heavy atom. The Morgan fingerprint density at radius 1 is 1.00 bits per heavy atom. The molecule has 4 nitrogen and oxygen atoms in total. The van der Waals surface area contributed by atoms with Crippen LogP contribution in [-0.4, -0.2) is 23.9 Å². The minimum Gasteiger partial charge on any atom is -0.352 e. The summed E-state index contributed by atoms with van der Waals surface area (Å²) in [6.45, 7) is 10.4. The minimum absolute atomic E-state index is 0.0383. The molecule has 1 aromatic rings. The van der Waals surface area contributed by atoms with Gasteiger partial charge in [0.2, 0.25) is 5.91 Å². The zero-order valence-electron chi connectivity index (χ0n) is 16.9. The summed E-state index contributed by atoms with van der Waals surface area (Å²) in [7, 11) is 0. The van der Waals surface area contributed by atoms with E-state index in [2.05, 4.69) is 31.4 Å². The molecule has 2 N–H and O–H groups in total. The lowest BCUT2D eigenvalue weighted by Crippen LogP contribution is -2.52. The summed E-state index contributed by atoms with van der Waals surface area (Å²) in [5.41, 5.74) is 1.83. The normalized spacial score (nSPS) is 17.0. The predicted molar refractivity (Wildman–Crippen MR) is 106 cm³/mol. The molecule has 0 bridgehead atoms. The highest BCUT2D eigenvalue weighted by molar-refractivity contribution is 5.97. The summed E-state index contributed by atoms with van der Waals surface area (Å²) in [6.07, 6.45) is 5.67. The largest absolute Gasteiger partial charge is 0.352 e. The molecule has 0 aliphatic heterocycles. The number of benzene rings is 1. The maximum absolute atomic E-state index is 12.7. The van der Waals surface area contributed by atoms with Gasteiger partial charge in [0.15, 0.2) is 0 Å². The molecule has 1 aliphatic rings. The van der Waals surface area contributed by atoms with Gasteiger partial charge in [-0.25, -0.2) is 0 Å². The second-order valence-corrected chi connectivity index (χ2v) is 8.87. The third-order valence-electron chi connectivity index (χ3n) is 5.20. The van der Waals surface area contributed by atoms with Crippen LogP contribution >= 0.6 is 0 Å². The van der Waals surface area contributed by atoms with E-state index in [9.17, 15) is 9.59 Å². The maximum Gasteiger partial charge on any atom is 0.251 e. The molecule has 2 rings (SSSR count). The summed E-state index contributed by atoms with van der Waals surface area (Å²) < 4.78 is 0. The topological polar surface area (TPSA) is 58.2 Å². The number of carbonyl (C=O) groups is 2. The molecule has 1 aromatic carbocycles. The van der Waals surface area contributed by atoms with Crippen LogP contribution in [0.25, 0.3) is 0 Å². The Morgan fingerprint density at radius 2 is 1.58 bits per heavy atom. The monoisotopic (exact) mass is 358 g/mol. The number of amides is 2. The summed E-state index contributed by atoms with van der Waals surface area (Å²) in [5, 5.41) is 6.06. The van der Waals surface area contributed by atoms with Gasteiger partial charge in [-0.05, 0) is 41.9 Å². The Kier molecular flexibility index (Phi) is 6.85. The molecule has 144 valence electrons. The van der Waals surface area contributed by atoms with E-state index in [0.717, 1.165) is 12.8 Å². The number of hydrogen-bond donors (Lipinski definition) is 2. The molecule has 0 spiro atoms. The van der Waals surface area contributed by atoms with Crippen LogP contribution in [-0.2, 0) is 10.2 Å². The highest BCUT2D eigenvalue weighted by Gasteiger charge is 2.27. The van der Waals surface area contributed by atoms with E-state index in [1.807, 2.05) is 38.1 Å². The number of nitrogens with one attached hydrogen (secondary N) is 2. The molecule has 26 heavy (non-hydrogen) atoms. The van der Waals surface area contributed by atoms with E-state index >= 15 is 0 Å². The highest BCUT2D eigenvalue weighted by atomic mass is 16.2. The standard InChI is InChI=1S/C22H34N2O2/c1-15(2)19(21(26)23-18-9-7-6-8-10-18)24-20(25)16-11-13-17(14-12-16)22(3,4)5/h11-15,18-19H,6-10H2,1-5H3,(H,23,26)(H,24,25)/t19-/m1/s1. The van der Waals surface area contributed by atoms with Gasteiger partial charge in [0.25, 0.3) is 5.91 Å². The van der Waals surface area contributed by atoms with Crippen molar-refractivity contribution in [1.29, 1.82) is 0 Å². The van der Waals surface area contributed by atoms with Gasteiger partial charge in [-0.3, -0.25) is 9.59 Å². The van der Waals surface area contributed by atoms with Crippen LogP contribution in [0.15, 0.2) is 24.3 Å². The van der Waals surface area contributed by atoms with E-state index in [4.69, 9.17) is 0 Å². The van der Waals surface area contributed by atoms with Gasteiger partial charge in [0.05, 0.1) is 0 Å². The Hall–Kier alpha value is -1.84. The van der Waals surface area contributed by atoms with Crippen molar-refractivity contribution >= 4 is 11.8 Å². The highest BCUT2D eigenvalue weighted by Crippen LogP contribution is 2.22. The first-order valence-electron chi connectivity index (χ1n) is 9.90. The predicted octanol–water partition coefficient (Wildman–Crippen LogP) is 4.19. The van der Waals surface area contributed by atoms with E-state index in [1.54, 1.807) is 0 Å². The molecule has 1 fully saturated rings. The zero-order valence-corrected chi connectivity index (χ0v) is 16.9. The fourth-order valence-corrected chi connectivity index (χ4v) is 3.42. The second-order valence-electron chi connectivity index (χ2n) is 8.87. The van der Waals surface area contributed by atoms with Crippen molar-refractivity contribution in [3.05, 3.63) is 35.4 Å². The van der Waals surface area contributed by atoms with E-state index < -0.39 is 6.04 Å². The van der Waals surface area contributed by atoms with Crippen LogP contribution < -0.4 is 10.6 Å². The van der Waals surface area contributed by atoms with Crippen LogP contribution in [0.2, 0.25) is 0 Å². The zero-order chi connectivity index (χ0) is 19.3. The first-order valence-corrected chi connectivity index (χ1v) is 9.90. The van der Waals surface area contributed by atoms with Crippen LogP contribution in [0, 0.1) is 5.92 Å². The van der Waals surface area contributed by atoms with Crippen molar-refractivity contribution in [3.63, 3.8) is 0 Å². The quantitative estimate of drug-likeness (QED) is 0.829. The van der Waals surface area contributed by atoms with E-state index in [-0.39, 0.29) is 29.2 Å². The van der Waals surface area contributed by atoms with Crippen molar-refractivity contribution in [2.75, 3.05) is 0 Å². The lowest BCUT2D eigenvalue weighted by Gasteiger charge is -2.27. The van der Waals surface area contributed by atoms with E-state index in [0.29, 0.717) is 5.56 Å². The van der Waals surface area contributed by atoms with E-state index in [1.165, 1.54) is 24.8 Å². The van der Waals surface area contributed by atoms with Crippen LogP contribution in [0.1, 0.15) is 82.6 Å². The van der Waals surface area contributed by atoms with Crippen molar-refractivity contribution < 1.29 is 9.59 Å². The molecule has 4 heteroatoms. The minimum atomic E-state index is -0.508. The second kappa shape index (κ2) is 8.70. The fourth-order valence-electron chi connectivity index (χ4n) is 3.42. The molecule has 1 saturated carbocycles. The molecular formula is C22H34N2O2. The summed E-state index contributed by atoms with van der Waals surface area (Å²) in [4.78, 5) is 25.3. The molecule has 0 radical (unpaired) electrons. The van der Waals surface area contributed by atoms with Gasteiger partial charge < -0.3 is 10.6 Å². The van der Waals surface area contributed by atoms with Crippen LogP contribution in [0.5, 0.6) is 0 Å². The van der Waals surface area contributed by atoms with Gasteiger partial charge >= 0.3 is 0 Å². The fraction of sp³-hybridized carbons (Fsp3) is 0.636. The van der Waals surface area contributed by atoms with Crippen molar-refractivity contribution in [2.24, 2.45) is 5.92 Å². The third-order valence-corrected chi connectivity index (χ3v) is 5.20. The maximum atomic E-state index is 12.7. The molecule has 0 saturated heterocycles. The van der Waals surface area contributed by atoms with Crippen molar-refractivity contribution in [3.8, 4) is 0 Å². The molecule has 0 aromatic heterocycles. The van der Waals surface area contributed by atoms with Gasteiger partial charge in [-0.15, -0.1) is 0 Å². The molecule has 0 heterocycles. The summed E-state index contributed by atoms with van der Waals surface area (Å²) in [5.74, 6) is -0.217. The van der Waals surface area contributed by atoms with Gasteiger partial charge in [0, 0.05) is 11.6 Å². The Bertz CT molecular complexity index is 608. The molecular weight excluding hydrogens is 324 g/mol. The summed E-state index contributed by atoms with van der Waals surface area (Å²) >= 11 is 0. The molecule has 0 unspecified atom stereocenters. The van der Waals surface area contributed by atoms with Gasteiger partial charge in [-0.1, -0.05) is 66.0 Å². The van der Waals surface area contributed by atoms with Crippen LogP contribution in [0.3, 0.4) is 0 Å². The van der Waals surface area contributed by atoms with Crippen molar-refractivity contribution in [1.82, 2.24) is 10.6 Å². The SMILES string of the molecule is CC(C)[C@@H](NC(=O)c1ccc(C(C)(C)C)cc1)C(=O)NC1CCCCC1. The van der Waals surface area contributed by atoms with Gasteiger partial charge in [0.1, 0.15) is 6.04 Å². The summed E-state index contributed by atoms with van der Waals surface area (Å²) in [6, 6.07) is 7.40. The molecule has 1 aliphatic carbocycles. The lowest BCUT2D eigenvalue weighted by atomic mass is 9.86.